The molecular weight excluding hydrogens is 370 g/mol. The maximum absolute atomic E-state index is 12.7. The van der Waals surface area contributed by atoms with Crippen molar-refractivity contribution in [3.05, 3.63) is 45.6 Å². The summed E-state index contributed by atoms with van der Waals surface area (Å²) in [6, 6.07) is 6.62. The number of rotatable bonds is 4. The summed E-state index contributed by atoms with van der Waals surface area (Å²) in [6.45, 7) is 5.17. The van der Waals surface area contributed by atoms with Crippen molar-refractivity contribution in [2.45, 2.75) is 25.7 Å². The number of thiophene rings is 1. The van der Waals surface area contributed by atoms with E-state index in [-0.39, 0.29) is 4.90 Å². The Kier molecular flexibility index (Phi) is 4.37. The van der Waals surface area contributed by atoms with Crippen molar-refractivity contribution in [3.63, 3.8) is 0 Å². The molecule has 3 rings (SSSR count). The smallest absolute Gasteiger partial charge is 0.263 e. The first-order valence-corrected chi connectivity index (χ1v) is 9.65. The molecule has 0 bridgehead atoms. The fraction of sp³-hybridized carbons (Fsp3) is 0.200. The lowest BCUT2D eigenvalue weighted by atomic mass is 10.2. The Labute approximate surface area is 148 Å². The molecule has 3 aromatic rings. The van der Waals surface area contributed by atoms with Crippen LogP contribution in [-0.2, 0) is 10.0 Å². The lowest BCUT2D eigenvalue weighted by Gasteiger charge is -2.11. The van der Waals surface area contributed by atoms with E-state index in [2.05, 4.69) is 14.9 Å². The summed E-state index contributed by atoms with van der Waals surface area (Å²) >= 11 is 7.34. The average molecular weight is 384 g/mol. The molecule has 6 nitrogen and oxygen atoms in total. The van der Waals surface area contributed by atoms with Gasteiger partial charge in [-0.05, 0) is 37.6 Å². The molecule has 0 radical (unpaired) electrons. The fourth-order valence-electron chi connectivity index (χ4n) is 2.16. The van der Waals surface area contributed by atoms with Gasteiger partial charge in [0.2, 0.25) is 11.7 Å². The van der Waals surface area contributed by atoms with E-state index in [4.69, 9.17) is 16.1 Å². The molecule has 1 N–H and O–H groups in total. The van der Waals surface area contributed by atoms with Crippen LogP contribution in [0.15, 0.2) is 33.7 Å². The molecule has 0 saturated carbocycles. The summed E-state index contributed by atoms with van der Waals surface area (Å²) in [5, 5.41) is 4.32. The van der Waals surface area contributed by atoms with Crippen molar-refractivity contribution < 1.29 is 12.9 Å². The van der Waals surface area contributed by atoms with Crippen LogP contribution in [0.5, 0.6) is 0 Å². The predicted octanol–water partition coefficient (Wildman–Crippen LogP) is 4.18. The molecule has 24 heavy (non-hydrogen) atoms. The molecule has 126 valence electrons. The summed E-state index contributed by atoms with van der Waals surface area (Å²) in [4.78, 5) is 5.58. The first-order chi connectivity index (χ1) is 11.3. The third-order valence-corrected chi connectivity index (χ3v) is 6.50. The SMILES string of the molecule is Cc1nc(-c2cc(S(=O)(=O)Nc3cccc(Cl)c3C)c(C)s2)no1. The molecule has 0 atom stereocenters. The predicted molar refractivity (Wildman–Crippen MR) is 94.1 cm³/mol. The molecule has 2 heterocycles. The number of halogens is 1. The van der Waals surface area contributed by atoms with Gasteiger partial charge in [0.15, 0.2) is 0 Å². The first-order valence-electron chi connectivity index (χ1n) is 6.97. The zero-order chi connectivity index (χ0) is 17.5. The van der Waals surface area contributed by atoms with Gasteiger partial charge in [-0.1, -0.05) is 22.8 Å². The summed E-state index contributed by atoms with van der Waals surface area (Å²) in [6.07, 6.45) is 0. The number of nitrogens with one attached hydrogen (secondary N) is 1. The van der Waals surface area contributed by atoms with Crippen LogP contribution in [0.25, 0.3) is 10.7 Å². The minimum Gasteiger partial charge on any atom is -0.339 e. The summed E-state index contributed by atoms with van der Waals surface area (Å²) in [5.41, 5.74) is 1.12. The minimum atomic E-state index is -3.75. The van der Waals surface area contributed by atoms with Crippen LogP contribution >= 0.6 is 22.9 Å². The number of anilines is 1. The van der Waals surface area contributed by atoms with Gasteiger partial charge in [0.25, 0.3) is 10.0 Å². The van der Waals surface area contributed by atoms with Crippen molar-refractivity contribution in [2.75, 3.05) is 4.72 Å². The second-order valence-electron chi connectivity index (χ2n) is 5.19. The van der Waals surface area contributed by atoms with Crippen LogP contribution in [0.3, 0.4) is 0 Å². The highest BCUT2D eigenvalue weighted by Crippen LogP contribution is 2.33. The molecule has 0 aliphatic rings. The molecule has 0 saturated heterocycles. The van der Waals surface area contributed by atoms with E-state index in [0.29, 0.717) is 37.7 Å². The highest BCUT2D eigenvalue weighted by atomic mass is 35.5. The van der Waals surface area contributed by atoms with Crippen LogP contribution in [-0.4, -0.2) is 18.6 Å². The highest BCUT2D eigenvalue weighted by Gasteiger charge is 2.23. The molecule has 0 aliphatic carbocycles. The third-order valence-electron chi connectivity index (χ3n) is 3.42. The Morgan fingerprint density at radius 1 is 1.25 bits per heavy atom. The third kappa shape index (κ3) is 3.17. The van der Waals surface area contributed by atoms with E-state index in [9.17, 15) is 8.42 Å². The largest absolute Gasteiger partial charge is 0.339 e. The Hall–Kier alpha value is -1.90. The molecule has 0 unspecified atom stereocenters. The maximum atomic E-state index is 12.7. The van der Waals surface area contributed by atoms with E-state index in [1.54, 1.807) is 45.0 Å². The number of hydrogen-bond donors (Lipinski definition) is 1. The minimum absolute atomic E-state index is 0.185. The molecule has 1 aromatic carbocycles. The van der Waals surface area contributed by atoms with Gasteiger partial charge in [0, 0.05) is 16.8 Å². The quantitative estimate of drug-likeness (QED) is 0.730. The van der Waals surface area contributed by atoms with Crippen molar-refractivity contribution in [3.8, 4) is 10.7 Å². The first kappa shape index (κ1) is 16.9. The Balaban J connectivity index is 1.98. The van der Waals surface area contributed by atoms with Gasteiger partial charge in [-0.25, -0.2) is 8.42 Å². The van der Waals surface area contributed by atoms with E-state index in [0.717, 1.165) is 0 Å². The maximum Gasteiger partial charge on any atom is 0.263 e. The topological polar surface area (TPSA) is 85.1 Å². The van der Waals surface area contributed by atoms with Crippen molar-refractivity contribution in [1.82, 2.24) is 10.1 Å². The van der Waals surface area contributed by atoms with Crippen molar-refractivity contribution >= 4 is 38.6 Å². The summed E-state index contributed by atoms with van der Waals surface area (Å²) < 4.78 is 33.0. The number of nitrogens with zero attached hydrogens (tertiary/aromatic N) is 2. The van der Waals surface area contributed by atoms with E-state index >= 15 is 0 Å². The second-order valence-corrected chi connectivity index (χ2v) is 8.50. The van der Waals surface area contributed by atoms with Gasteiger partial charge in [0.1, 0.15) is 4.90 Å². The van der Waals surface area contributed by atoms with Gasteiger partial charge < -0.3 is 4.52 Å². The number of aromatic nitrogens is 2. The summed E-state index contributed by atoms with van der Waals surface area (Å²) in [5.74, 6) is 0.800. The lowest BCUT2D eigenvalue weighted by Crippen LogP contribution is -2.14. The molecule has 9 heteroatoms. The fourth-order valence-corrected chi connectivity index (χ4v) is 4.98. The Morgan fingerprint density at radius 2 is 2.00 bits per heavy atom. The van der Waals surface area contributed by atoms with Crippen molar-refractivity contribution in [1.29, 1.82) is 0 Å². The number of hydrogen-bond acceptors (Lipinski definition) is 6. The van der Waals surface area contributed by atoms with Crippen molar-refractivity contribution in [2.24, 2.45) is 0 Å². The molecule has 0 amide bonds. The van der Waals surface area contributed by atoms with E-state index < -0.39 is 10.0 Å². The monoisotopic (exact) mass is 383 g/mol. The standard InChI is InChI=1S/C15H14ClN3O3S2/c1-8-11(16)5-4-6-12(8)19-24(20,21)14-7-13(23-9(14)2)15-17-10(3)22-18-15/h4-7,19H,1-3H3. The van der Waals surface area contributed by atoms with Crippen LogP contribution in [0.2, 0.25) is 5.02 Å². The van der Waals surface area contributed by atoms with Gasteiger partial charge in [-0.15, -0.1) is 11.3 Å². The number of aryl methyl sites for hydroxylation is 2. The Bertz CT molecular complexity index is 1010. The zero-order valence-electron chi connectivity index (χ0n) is 13.1. The molecular formula is C15H14ClN3O3S2. The van der Waals surface area contributed by atoms with Gasteiger partial charge in [-0.3, -0.25) is 4.72 Å². The molecule has 0 fully saturated rings. The molecule has 0 aliphatic heterocycles. The van der Waals surface area contributed by atoms with Crippen LogP contribution in [0, 0.1) is 20.8 Å². The van der Waals surface area contributed by atoms with Gasteiger partial charge >= 0.3 is 0 Å². The van der Waals surface area contributed by atoms with E-state index in [1.807, 2.05) is 0 Å². The van der Waals surface area contributed by atoms with Crippen LogP contribution in [0.1, 0.15) is 16.3 Å². The average Bonchev–Trinajstić information content (AvgIpc) is 3.10. The summed E-state index contributed by atoms with van der Waals surface area (Å²) in [7, 11) is -3.75. The van der Waals surface area contributed by atoms with Gasteiger partial charge in [-0.2, -0.15) is 4.98 Å². The zero-order valence-corrected chi connectivity index (χ0v) is 15.5. The van der Waals surface area contributed by atoms with Gasteiger partial charge in [0.05, 0.1) is 10.6 Å². The molecule has 2 aromatic heterocycles. The lowest BCUT2D eigenvalue weighted by molar-refractivity contribution is 0.394. The molecule has 0 spiro atoms. The number of benzene rings is 1. The Morgan fingerprint density at radius 3 is 2.67 bits per heavy atom. The van der Waals surface area contributed by atoms with Crippen LogP contribution < -0.4 is 4.72 Å². The number of sulfonamides is 1. The second kappa shape index (κ2) is 6.19. The van der Waals surface area contributed by atoms with E-state index in [1.165, 1.54) is 11.3 Å². The normalized spacial score (nSPS) is 11.7. The van der Waals surface area contributed by atoms with Crippen LogP contribution in [0.4, 0.5) is 5.69 Å². The highest BCUT2D eigenvalue weighted by molar-refractivity contribution is 7.93.